The number of nitrogens with zero attached hydrogens (tertiary/aromatic N) is 3. The van der Waals surface area contributed by atoms with Crippen LogP contribution < -0.4 is 5.32 Å². The van der Waals surface area contributed by atoms with Gasteiger partial charge >= 0.3 is 12.1 Å². The Hall–Kier alpha value is -3.05. The number of halogens is 5. The Morgan fingerprint density at radius 3 is 2.53 bits per heavy atom. The minimum Gasteiger partial charge on any atom is -0.464 e. The van der Waals surface area contributed by atoms with Crippen molar-refractivity contribution in [3.8, 4) is 0 Å². The highest BCUT2D eigenvalue weighted by Crippen LogP contribution is 2.48. The number of alkyl halides is 5. The van der Waals surface area contributed by atoms with E-state index < -0.39 is 53.6 Å². The molecule has 32 heavy (non-hydrogen) atoms. The third-order valence-electron chi connectivity index (χ3n) is 5.67. The van der Waals surface area contributed by atoms with E-state index in [2.05, 4.69) is 20.1 Å². The molecule has 2 aliphatic rings. The Labute approximate surface area is 178 Å². The lowest BCUT2D eigenvalue weighted by molar-refractivity contribution is -0.140. The molecule has 0 spiro atoms. The van der Waals surface area contributed by atoms with E-state index >= 15 is 0 Å². The molecule has 2 saturated carbocycles. The van der Waals surface area contributed by atoms with E-state index in [1.165, 1.54) is 12.3 Å². The van der Waals surface area contributed by atoms with Crippen molar-refractivity contribution in [1.29, 1.82) is 0 Å². The van der Waals surface area contributed by atoms with Crippen LogP contribution in [0.2, 0.25) is 0 Å². The zero-order valence-corrected chi connectivity index (χ0v) is 16.9. The van der Waals surface area contributed by atoms with E-state index in [1.807, 2.05) is 0 Å². The molecule has 0 radical (unpaired) electrons. The van der Waals surface area contributed by atoms with Crippen molar-refractivity contribution < 1.29 is 36.3 Å². The minimum absolute atomic E-state index is 0.00628. The molecule has 172 valence electrons. The lowest BCUT2D eigenvalue weighted by Gasteiger charge is -2.36. The van der Waals surface area contributed by atoms with Crippen LogP contribution in [0.4, 0.5) is 27.6 Å². The van der Waals surface area contributed by atoms with Crippen molar-refractivity contribution in [1.82, 2.24) is 14.8 Å². The number of carbonyl (C=O) groups is 2. The normalized spacial score (nSPS) is 19.9. The standard InChI is InChI=1S/C20H19F5N4O3/c1-32-18(31)13-8-12(5-7-26-13)27-17(30)16-14(20(23,24)25)15(10-2-3-10)28-29(16)9-11-4-6-19(11,21)22/h5,7-8,10-11H,2-4,6,9H2,1H3,(H,26,27,30). The van der Waals surface area contributed by atoms with Gasteiger partial charge in [-0.15, -0.1) is 0 Å². The Balaban J connectivity index is 1.72. The summed E-state index contributed by atoms with van der Waals surface area (Å²) < 4.78 is 74.8. The quantitative estimate of drug-likeness (QED) is 0.517. The number of hydrogen-bond donors (Lipinski definition) is 1. The number of rotatable bonds is 6. The predicted octanol–water partition coefficient (Wildman–Crippen LogP) is 4.26. The lowest BCUT2D eigenvalue weighted by atomic mass is 9.81. The van der Waals surface area contributed by atoms with Crippen molar-refractivity contribution in [2.45, 2.75) is 50.2 Å². The summed E-state index contributed by atoms with van der Waals surface area (Å²) in [7, 11) is 1.12. The fourth-order valence-corrected chi connectivity index (χ4v) is 3.68. The van der Waals surface area contributed by atoms with E-state index in [0.29, 0.717) is 12.8 Å². The van der Waals surface area contributed by atoms with Crippen molar-refractivity contribution in [2.24, 2.45) is 5.92 Å². The van der Waals surface area contributed by atoms with Gasteiger partial charge in [0.2, 0.25) is 0 Å². The zero-order valence-electron chi connectivity index (χ0n) is 16.9. The molecule has 0 aliphatic heterocycles. The second-order valence-electron chi connectivity index (χ2n) is 7.94. The molecule has 12 heteroatoms. The number of esters is 1. The van der Waals surface area contributed by atoms with Crippen LogP contribution in [0.5, 0.6) is 0 Å². The first-order valence-corrected chi connectivity index (χ1v) is 9.92. The summed E-state index contributed by atoms with van der Waals surface area (Å²) in [5.74, 6) is -6.65. The Morgan fingerprint density at radius 2 is 2.00 bits per heavy atom. The summed E-state index contributed by atoms with van der Waals surface area (Å²) in [5.41, 5.74) is -2.49. The topological polar surface area (TPSA) is 86.1 Å². The van der Waals surface area contributed by atoms with Gasteiger partial charge in [-0.05, 0) is 31.4 Å². The van der Waals surface area contributed by atoms with Gasteiger partial charge in [0.05, 0.1) is 19.3 Å². The van der Waals surface area contributed by atoms with Crippen LogP contribution in [-0.2, 0) is 17.5 Å². The molecule has 2 aromatic heterocycles. The highest BCUT2D eigenvalue weighted by Gasteiger charge is 2.50. The number of pyridine rings is 1. The molecule has 0 bridgehead atoms. The number of anilines is 1. The molecule has 2 fully saturated rings. The monoisotopic (exact) mass is 458 g/mol. The molecule has 0 aromatic carbocycles. The molecule has 1 unspecified atom stereocenters. The maximum absolute atomic E-state index is 14.0. The number of carbonyl (C=O) groups excluding carboxylic acids is 2. The Bertz CT molecular complexity index is 1060. The SMILES string of the molecule is COC(=O)c1cc(NC(=O)c2c(C(F)(F)F)c(C3CC3)nn2CC2CCC2(F)F)ccn1. The van der Waals surface area contributed by atoms with Crippen LogP contribution in [0.3, 0.4) is 0 Å². The molecule has 2 aromatic rings. The highest BCUT2D eigenvalue weighted by atomic mass is 19.4. The number of amides is 1. The Kier molecular flexibility index (Phi) is 5.41. The van der Waals surface area contributed by atoms with E-state index in [0.717, 1.165) is 17.9 Å². The van der Waals surface area contributed by atoms with Crippen LogP contribution in [0.1, 0.15) is 63.8 Å². The van der Waals surface area contributed by atoms with Crippen LogP contribution in [-0.4, -0.2) is 39.7 Å². The van der Waals surface area contributed by atoms with Gasteiger partial charge in [-0.3, -0.25) is 9.48 Å². The fraction of sp³-hybridized carbons (Fsp3) is 0.500. The third-order valence-corrected chi connectivity index (χ3v) is 5.67. The van der Waals surface area contributed by atoms with Gasteiger partial charge in [-0.2, -0.15) is 18.3 Å². The average Bonchev–Trinajstić information content (AvgIpc) is 3.50. The molecular formula is C20H19F5N4O3. The third kappa shape index (κ3) is 4.17. The number of hydrogen-bond acceptors (Lipinski definition) is 5. The summed E-state index contributed by atoms with van der Waals surface area (Å²) in [6.07, 6.45) is -2.99. The second-order valence-corrected chi connectivity index (χ2v) is 7.94. The molecule has 2 heterocycles. The Morgan fingerprint density at radius 1 is 1.28 bits per heavy atom. The average molecular weight is 458 g/mol. The smallest absolute Gasteiger partial charge is 0.420 e. The maximum atomic E-state index is 14.0. The lowest BCUT2D eigenvalue weighted by Crippen LogP contribution is -2.42. The molecule has 1 N–H and O–H groups in total. The largest absolute Gasteiger partial charge is 0.464 e. The highest BCUT2D eigenvalue weighted by molar-refractivity contribution is 6.05. The number of ether oxygens (including phenoxy) is 1. The number of methoxy groups -OCH3 is 1. The summed E-state index contributed by atoms with van der Waals surface area (Å²) in [4.78, 5) is 28.4. The van der Waals surface area contributed by atoms with E-state index in [9.17, 15) is 31.5 Å². The van der Waals surface area contributed by atoms with Crippen molar-refractivity contribution in [3.63, 3.8) is 0 Å². The molecule has 4 rings (SSSR count). The van der Waals surface area contributed by atoms with Crippen molar-refractivity contribution >= 4 is 17.6 Å². The maximum Gasteiger partial charge on any atom is 0.420 e. The number of aromatic nitrogens is 3. The van der Waals surface area contributed by atoms with Gasteiger partial charge in [0.25, 0.3) is 11.8 Å². The first-order chi connectivity index (χ1) is 15.0. The fourth-order valence-electron chi connectivity index (χ4n) is 3.68. The van der Waals surface area contributed by atoms with Crippen LogP contribution >= 0.6 is 0 Å². The summed E-state index contributed by atoms with van der Waals surface area (Å²) in [6.45, 7) is -0.505. The van der Waals surface area contributed by atoms with Gasteiger partial charge < -0.3 is 10.1 Å². The van der Waals surface area contributed by atoms with Crippen LogP contribution in [0, 0.1) is 5.92 Å². The van der Waals surface area contributed by atoms with Crippen molar-refractivity contribution in [2.75, 3.05) is 12.4 Å². The van der Waals surface area contributed by atoms with Gasteiger partial charge in [0.1, 0.15) is 17.0 Å². The predicted molar refractivity (Wildman–Crippen MR) is 100 cm³/mol. The molecule has 1 amide bonds. The first-order valence-electron chi connectivity index (χ1n) is 9.92. The van der Waals surface area contributed by atoms with Gasteiger partial charge in [-0.1, -0.05) is 0 Å². The van der Waals surface area contributed by atoms with Gasteiger partial charge in [-0.25, -0.2) is 18.6 Å². The first kappa shape index (κ1) is 22.2. The molecular weight excluding hydrogens is 439 g/mol. The molecule has 1 atom stereocenters. The number of nitrogens with one attached hydrogen (secondary N) is 1. The van der Waals surface area contributed by atoms with Gasteiger partial charge in [0, 0.05) is 30.1 Å². The molecule has 2 aliphatic carbocycles. The van der Waals surface area contributed by atoms with Crippen LogP contribution in [0.15, 0.2) is 18.3 Å². The van der Waals surface area contributed by atoms with Gasteiger partial charge in [0.15, 0.2) is 0 Å². The van der Waals surface area contributed by atoms with E-state index in [-0.39, 0.29) is 29.9 Å². The summed E-state index contributed by atoms with van der Waals surface area (Å²) in [6, 6.07) is 2.42. The summed E-state index contributed by atoms with van der Waals surface area (Å²) in [5, 5.41) is 6.26. The molecule has 0 saturated heterocycles. The van der Waals surface area contributed by atoms with E-state index in [4.69, 9.17) is 0 Å². The molecule has 7 nitrogen and oxygen atoms in total. The van der Waals surface area contributed by atoms with Crippen molar-refractivity contribution in [3.05, 3.63) is 41.0 Å². The minimum atomic E-state index is -4.90. The van der Waals surface area contributed by atoms with Crippen LogP contribution in [0.25, 0.3) is 0 Å². The second kappa shape index (κ2) is 7.82. The summed E-state index contributed by atoms with van der Waals surface area (Å²) >= 11 is 0. The van der Waals surface area contributed by atoms with E-state index in [1.54, 1.807) is 0 Å². The zero-order chi connectivity index (χ0) is 23.3.